The number of methoxy groups -OCH3 is 1. The highest BCUT2D eigenvalue weighted by Gasteiger charge is 2.57. The molecule has 0 aromatic heterocycles. The Balaban J connectivity index is 1.35. The number of para-hydroxylation sites is 1. The second-order valence-corrected chi connectivity index (χ2v) is 8.08. The molecule has 3 aliphatic rings. The summed E-state index contributed by atoms with van der Waals surface area (Å²) < 4.78 is 22.2. The van der Waals surface area contributed by atoms with Crippen molar-refractivity contribution in [2.24, 2.45) is 0 Å². The molecule has 0 fully saturated rings. The molecule has 8 nitrogen and oxygen atoms in total. The summed E-state index contributed by atoms with van der Waals surface area (Å²) in [6, 6.07) is 18.2. The first-order valence-corrected chi connectivity index (χ1v) is 10.5. The van der Waals surface area contributed by atoms with Crippen LogP contribution in [0, 0.1) is 0 Å². The second-order valence-electron chi connectivity index (χ2n) is 8.08. The molecule has 3 aromatic rings. The van der Waals surface area contributed by atoms with Gasteiger partial charge in [-0.25, -0.2) is 0 Å². The maximum Gasteiger partial charge on any atom is 0.246 e. The summed E-state index contributed by atoms with van der Waals surface area (Å²) in [6.07, 6.45) is 0. The van der Waals surface area contributed by atoms with Crippen LogP contribution in [0.1, 0.15) is 11.1 Å². The lowest BCUT2D eigenvalue weighted by molar-refractivity contribution is -0.124. The van der Waals surface area contributed by atoms with Crippen LogP contribution in [0.25, 0.3) is 0 Å². The molecule has 1 spiro atoms. The summed E-state index contributed by atoms with van der Waals surface area (Å²) in [7, 11) is 1.56. The number of carbonyl (C=O) groups excluding carboxylic acids is 2. The molecule has 1 atom stereocenters. The number of fused-ring (bicyclic) bond motifs is 5. The van der Waals surface area contributed by atoms with E-state index in [9.17, 15) is 9.59 Å². The van der Waals surface area contributed by atoms with Gasteiger partial charge in [0.25, 0.3) is 0 Å². The van der Waals surface area contributed by atoms with Crippen LogP contribution in [0.2, 0.25) is 0 Å². The molecule has 0 radical (unpaired) electrons. The lowest BCUT2D eigenvalue weighted by Gasteiger charge is -2.23. The number of rotatable bonds is 4. The van der Waals surface area contributed by atoms with E-state index >= 15 is 0 Å². The fourth-order valence-corrected chi connectivity index (χ4v) is 4.77. The normalized spacial score (nSPS) is 19.3. The first-order valence-electron chi connectivity index (χ1n) is 10.5. The first kappa shape index (κ1) is 19.5. The first-order chi connectivity index (χ1) is 16.1. The van der Waals surface area contributed by atoms with Gasteiger partial charge in [0.2, 0.25) is 18.6 Å². The molecule has 1 unspecified atom stereocenters. The van der Waals surface area contributed by atoms with Gasteiger partial charge >= 0.3 is 0 Å². The van der Waals surface area contributed by atoms with Crippen molar-refractivity contribution < 1.29 is 28.5 Å². The van der Waals surface area contributed by atoms with Crippen LogP contribution in [0.4, 0.5) is 11.4 Å². The minimum atomic E-state index is -1.04. The predicted octanol–water partition coefficient (Wildman–Crippen LogP) is 3.09. The second kappa shape index (κ2) is 7.16. The zero-order chi connectivity index (χ0) is 22.6. The van der Waals surface area contributed by atoms with Crippen LogP contribution in [0.5, 0.6) is 23.0 Å². The monoisotopic (exact) mass is 444 g/mol. The van der Waals surface area contributed by atoms with Gasteiger partial charge in [-0.15, -0.1) is 0 Å². The van der Waals surface area contributed by atoms with Crippen LogP contribution in [0.3, 0.4) is 0 Å². The molecule has 2 amide bonds. The van der Waals surface area contributed by atoms with E-state index < -0.39 is 5.41 Å². The Kier molecular flexibility index (Phi) is 4.23. The molecule has 3 aromatic carbocycles. The number of anilines is 2. The van der Waals surface area contributed by atoms with Gasteiger partial charge in [0, 0.05) is 29.1 Å². The van der Waals surface area contributed by atoms with Gasteiger partial charge in [-0.3, -0.25) is 9.59 Å². The maximum absolute atomic E-state index is 13.9. The molecule has 166 valence electrons. The Morgan fingerprint density at radius 2 is 1.82 bits per heavy atom. The van der Waals surface area contributed by atoms with Crippen LogP contribution in [0.15, 0.2) is 60.7 Å². The summed E-state index contributed by atoms with van der Waals surface area (Å²) >= 11 is 0. The SMILES string of the molecule is COc1cccc(NC(=O)CN2C(=O)C3(COc4cc5c(cc43)OCO5)c3ccccc32)c1. The summed E-state index contributed by atoms with van der Waals surface area (Å²) in [5, 5.41) is 2.85. The van der Waals surface area contributed by atoms with E-state index in [0.717, 1.165) is 11.1 Å². The quantitative estimate of drug-likeness (QED) is 0.666. The van der Waals surface area contributed by atoms with E-state index in [1.807, 2.05) is 30.3 Å². The largest absolute Gasteiger partial charge is 0.497 e. The Morgan fingerprint density at radius 1 is 1.00 bits per heavy atom. The lowest BCUT2D eigenvalue weighted by atomic mass is 9.77. The predicted molar refractivity (Wildman–Crippen MR) is 119 cm³/mol. The minimum absolute atomic E-state index is 0.130. The molecular weight excluding hydrogens is 424 g/mol. The van der Waals surface area contributed by atoms with Crippen molar-refractivity contribution >= 4 is 23.2 Å². The van der Waals surface area contributed by atoms with Crippen LogP contribution in [-0.2, 0) is 15.0 Å². The summed E-state index contributed by atoms with van der Waals surface area (Å²) in [6.45, 7) is 0.149. The summed E-state index contributed by atoms with van der Waals surface area (Å²) in [4.78, 5) is 28.3. The number of amides is 2. The van der Waals surface area contributed by atoms with Crippen molar-refractivity contribution in [2.75, 3.05) is 37.3 Å². The van der Waals surface area contributed by atoms with Gasteiger partial charge in [-0.1, -0.05) is 24.3 Å². The minimum Gasteiger partial charge on any atom is -0.497 e. The highest BCUT2D eigenvalue weighted by Crippen LogP contribution is 2.54. The molecule has 0 saturated carbocycles. The van der Waals surface area contributed by atoms with Crippen molar-refractivity contribution in [3.05, 3.63) is 71.8 Å². The Labute approximate surface area is 189 Å². The third-order valence-corrected chi connectivity index (χ3v) is 6.30. The number of nitrogens with zero attached hydrogens (tertiary/aromatic N) is 1. The molecule has 6 rings (SSSR count). The number of nitrogens with one attached hydrogen (secondary N) is 1. The average molecular weight is 444 g/mol. The van der Waals surface area contributed by atoms with Gasteiger partial charge in [0.1, 0.15) is 30.1 Å². The highest BCUT2D eigenvalue weighted by molar-refractivity contribution is 6.14. The molecule has 3 heterocycles. The van der Waals surface area contributed by atoms with E-state index in [-0.39, 0.29) is 31.8 Å². The van der Waals surface area contributed by atoms with Crippen LogP contribution >= 0.6 is 0 Å². The highest BCUT2D eigenvalue weighted by atomic mass is 16.7. The standard InChI is InChI=1S/C25H20N2O6/c1-30-16-6-4-5-15(9-16)26-23(28)12-27-19-8-3-2-7-17(19)25(24(27)29)13-31-20-11-22-21(10-18(20)25)32-14-33-22/h2-11H,12-14H2,1H3,(H,26,28). The van der Waals surface area contributed by atoms with Crippen molar-refractivity contribution in [3.8, 4) is 23.0 Å². The third-order valence-electron chi connectivity index (χ3n) is 6.30. The Morgan fingerprint density at radius 3 is 2.67 bits per heavy atom. The van der Waals surface area contributed by atoms with E-state index in [1.165, 1.54) is 4.90 Å². The number of hydrogen-bond donors (Lipinski definition) is 1. The van der Waals surface area contributed by atoms with Crippen molar-refractivity contribution in [2.45, 2.75) is 5.41 Å². The fraction of sp³-hybridized carbons (Fsp3) is 0.200. The molecular formula is C25H20N2O6. The molecule has 0 aliphatic carbocycles. The molecule has 0 bridgehead atoms. The molecule has 0 saturated heterocycles. The number of ether oxygens (including phenoxy) is 4. The van der Waals surface area contributed by atoms with Crippen molar-refractivity contribution in [1.82, 2.24) is 0 Å². The van der Waals surface area contributed by atoms with Crippen molar-refractivity contribution in [1.29, 1.82) is 0 Å². The van der Waals surface area contributed by atoms with E-state index in [0.29, 0.717) is 34.4 Å². The number of benzene rings is 3. The average Bonchev–Trinajstić information content (AvgIpc) is 3.50. The van der Waals surface area contributed by atoms with E-state index in [1.54, 1.807) is 37.4 Å². The number of hydrogen-bond acceptors (Lipinski definition) is 6. The fourth-order valence-electron chi connectivity index (χ4n) is 4.77. The zero-order valence-corrected chi connectivity index (χ0v) is 17.8. The molecule has 1 N–H and O–H groups in total. The van der Waals surface area contributed by atoms with Gasteiger partial charge in [-0.05, 0) is 29.8 Å². The lowest BCUT2D eigenvalue weighted by Crippen LogP contribution is -2.45. The van der Waals surface area contributed by atoms with Crippen LogP contribution < -0.4 is 29.2 Å². The maximum atomic E-state index is 13.9. The number of carbonyl (C=O) groups is 2. The van der Waals surface area contributed by atoms with E-state index in [4.69, 9.17) is 18.9 Å². The van der Waals surface area contributed by atoms with Gasteiger partial charge in [-0.2, -0.15) is 0 Å². The van der Waals surface area contributed by atoms with E-state index in [2.05, 4.69) is 5.32 Å². The molecule has 33 heavy (non-hydrogen) atoms. The van der Waals surface area contributed by atoms with Crippen LogP contribution in [-0.4, -0.2) is 38.9 Å². The zero-order valence-electron chi connectivity index (χ0n) is 17.8. The Hall–Kier alpha value is -4.20. The van der Waals surface area contributed by atoms with Gasteiger partial charge in [0.15, 0.2) is 11.5 Å². The molecule has 3 aliphatic heterocycles. The summed E-state index contributed by atoms with van der Waals surface area (Å²) in [5.41, 5.74) is 1.78. The summed E-state index contributed by atoms with van der Waals surface area (Å²) in [5.74, 6) is 1.88. The Bertz CT molecular complexity index is 1310. The molecule has 8 heteroatoms. The van der Waals surface area contributed by atoms with Gasteiger partial charge in [0.05, 0.1) is 7.11 Å². The topological polar surface area (TPSA) is 86.3 Å². The van der Waals surface area contributed by atoms with Crippen molar-refractivity contribution in [3.63, 3.8) is 0 Å². The third kappa shape index (κ3) is 2.83. The van der Waals surface area contributed by atoms with Gasteiger partial charge < -0.3 is 29.2 Å². The smallest absolute Gasteiger partial charge is 0.246 e.